The fraction of sp³-hybridized carbons (Fsp3) is 0.190. The van der Waals surface area contributed by atoms with Crippen molar-refractivity contribution in [2.24, 2.45) is 0 Å². The zero-order chi connectivity index (χ0) is 19.7. The number of nitrogens with one attached hydrogen (secondary N) is 1. The number of methoxy groups -OCH3 is 1. The van der Waals surface area contributed by atoms with Gasteiger partial charge in [-0.05, 0) is 29.3 Å². The molecule has 1 amide bonds. The van der Waals surface area contributed by atoms with E-state index in [9.17, 15) is 9.59 Å². The fourth-order valence-corrected chi connectivity index (χ4v) is 3.64. The highest BCUT2D eigenvalue weighted by Gasteiger charge is 2.30. The smallest absolute Gasteiger partial charge is 0.337 e. The quantitative estimate of drug-likeness (QED) is 0.681. The van der Waals surface area contributed by atoms with Gasteiger partial charge in [0.05, 0.1) is 25.4 Å². The Hall–Kier alpha value is -3.12. The van der Waals surface area contributed by atoms with Gasteiger partial charge in [0.2, 0.25) is 5.91 Å². The highest BCUT2D eigenvalue weighted by Crippen LogP contribution is 2.37. The van der Waals surface area contributed by atoms with Gasteiger partial charge >= 0.3 is 5.97 Å². The summed E-state index contributed by atoms with van der Waals surface area (Å²) in [4.78, 5) is 24.0. The van der Waals surface area contributed by atoms with Gasteiger partial charge in [0.15, 0.2) is 0 Å². The summed E-state index contributed by atoms with van der Waals surface area (Å²) in [5.74, 6) is 0.0882. The number of amides is 1. The summed E-state index contributed by atoms with van der Waals surface area (Å²) in [6.45, 7) is 0.462. The van der Waals surface area contributed by atoms with E-state index in [0.717, 1.165) is 16.7 Å². The summed E-state index contributed by atoms with van der Waals surface area (Å²) >= 11 is 6.26. The fourth-order valence-electron chi connectivity index (χ4n) is 3.44. The Kier molecular flexibility index (Phi) is 4.88. The summed E-state index contributed by atoms with van der Waals surface area (Å²) in [6.07, 6.45) is 2.10. The maximum absolute atomic E-state index is 12.3. The summed E-state index contributed by atoms with van der Waals surface area (Å²) in [5.41, 5.74) is 3.29. The molecule has 0 fully saturated rings. The zero-order valence-corrected chi connectivity index (χ0v) is 15.9. The Bertz CT molecular complexity index is 1040. The standard InChI is InChI=1S/C21H18ClN3O3/c1-28-21(27)14-8-6-13(7-9-14)16-10-19(26)24-20-17(16)11-23-25(20)12-15-4-2-3-5-18(15)22/h2-9,11,16H,10,12H2,1H3,(H,24,26). The molecule has 28 heavy (non-hydrogen) atoms. The van der Waals surface area contributed by atoms with Gasteiger partial charge in [0.25, 0.3) is 0 Å². The van der Waals surface area contributed by atoms with Crippen LogP contribution in [0.1, 0.15) is 39.4 Å². The molecule has 7 heteroatoms. The molecule has 0 spiro atoms. The minimum atomic E-state index is -0.388. The molecule has 0 aliphatic carbocycles. The first-order valence-corrected chi connectivity index (χ1v) is 9.22. The molecule has 4 rings (SSSR count). The number of carbonyl (C=O) groups is 2. The van der Waals surface area contributed by atoms with Gasteiger partial charge in [-0.15, -0.1) is 0 Å². The van der Waals surface area contributed by atoms with Crippen LogP contribution in [-0.4, -0.2) is 28.8 Å². The Morgan fingerprint density at radius 1 is 1.25 bits per heavy atom. The molecule has 6 nitrogen and oxygen atoms in total. The molecule has 2 aromatic carbocycles. The zero-order valence-electron chi connectivity index (χ0n) is 15.2. The first-order valence-electron chi connectivity index (χ1n) is 8.84. The number of benzene rings is 2. The molecule has 0 bridgehead atoms. The van der Waals surface area contributed by atoms with Gasteiger partial charge in [-0.1, -0.05) is 41.9 Å². The van der Waals surface area contributed by atoms with Crippen molar-refractivity contribution in [3.8, 4) is 0 Å². The van der Waals surface area contributed by atoms with Crippen LogP contribution < -0.4 is 5.32 Å². The Labute approximate surface area is 167 Å². The molecule has 1 atom stereocenters. The minimum Gasteiger partial charge on any atom is -0.465 e. The van der Waals surface area contributed by atoms with Gasteiger partial charge < -0.3 is 10.1 Å². The number of aromatic nitrogens is 2. The van der Waals surface area contributed by atoms with Crippen molar-refractivity contribution >= 4 is 29.3 Å². The van der Waals surface area contributed by atoms with E-state index in [2.05, 4.69) is 10.4 Å². The lowest BCUT2D eigenvalue weighted by Gasteiger charge is -2.24. The molecular weight excluding hydrogens is 378 g/mol. The summed E-state index contributed by atoms with van der Waals surface area (Å²) < 4.78 is 6.49. The lowest BCUT2D eigenvalue weighted by Crippen LogP contribution is -2.25. The maximum Gasteiger partial charge on any atom is 0.337 e. The molecule has 1 aliphatic rings. The average Bonchev–Trinajstić information content (AvgIpc) is 3.11. The van der Waals surface area contributed by atoms with Gasteiger partial charge in [-0.3, -0.25) is 4.79 Å². The molecule has 1 N–H and O–H groups in total. The monoisotopic (exact) mass is 395 g/mol. The van der Waals surface area contributed by atoms with Crippen LogP contribution in [0, 0.1) is 0 Å². The summed E-state index contributed by atoms with van der Waals surface area (Å²) in [7, 11) is 1.35. The van der Waals surface area contributed by atoms with Crippen molar-refractivity contribution in [1.29, 1.82) is 0 Å². The van der Waals surface area contributed by atoms with Crippen LogP contribution in [0.25, 0.3) is 0 Å². The number of carbonyl (C=O) groups excluding carboxylic acids is 2. The third kappa shape index (κ3) is 3.39. The third-order valence-corrected chi connectivity index (χ3v) is 5.27. The van der Waals surface area contributed by atoms with Crippen molar-refractivity contribution in [2.75, 3.05) is 12.4 Å². The normalized spacial score (nSPS) is 15.6. The number of nitrogens with zero attached hydrogens (tertiary/aromatic N) is 2. The van der Waals surface area contributed by atoms with E-state index in [-0.39, 0.29) is 17.8 Å². The molecule has 0 radical (unpaired) electrons. The lowest BCUT2D eigenvalue weighted by molar-refractivity contribution is -0.116. The van der Waals surface area contributed by atoms with Gasteiger partial charge in [-0.25, -0.2) is 9.48 Å². The van der Waals surface area contributed by atoms with Crippen LogP contribution in [-0.2, 0) is 16.1 Å². The first kappa shape index (κ1) is 18.3. The van der Waals surface area contributed by atoms with E-state index in [1.165, 1.54) is 7.11 Å². The van der Waals surface area contributed by atoms with Crippen LogP contribution in [0.2, 0.25) is 5.02 Å². The van der Waals surface area contributed by atoms with Crippen LogP contribution in [0.5, 0.6) is 0 Å². The van der Waals surface area contributed by atoms with Crippen LogP contribution in [0.15, 0.2) is 54.7 Å². The Morgan fingerprint density at radius 3 is 2.71 bits per heavy atom. The molecule has 0 saturated carbocycles. The minimum absolute atomic E-state index is 0.0737. The van der Waals surface area contributed by atoms with Crippen molar-refractivity contribution < 1.29 is 14.3 Å². The van der Waals surface area contributed by atoms with E-state index < -0.39 is 0 Å². The van der Waals surface area contributed by atoms with Gasteiger partial charge in [0.1, 0.15) is 5.82 Å². The summed E-state index contributed by atoms with van der Waals surface area (Å²) in [5, 5.41) is 8.06. The van der Waals surface area contributed by atoms with Crippen molar-refractivity contribution in [2.45, 2.75) is 18.9 Å². The molecule has 0 saturated heterocycles. The molecule has 1 aliphatic heterocycles. The van der Waals surface area contributed by atoms with Crippen molar-refractivity contribution in [1.82, 2.24) is 9.78 Å². The molecule has 142 valence electrons. The summed E-state index contributed by atoms with van der Waals surface area (Å²) in [6, 6.07) is 14.7. The highest BCUT2D eigenvalue weighted by molar-refractivity contribution is 6.31. The Balaban J connectivity index is 1.67. The highest BCUT2D eigenvalue weighted by atomic mass is 35.5. The molecule has 2 heterocycles. The first-order chi connectivity index (χ1) is 13.6. The van der Waals surface area contributed by atoms with Gasteiger partial charge in [0, 0.05) is 22.9 Å². The second-order valence-electron chi connectivity index (χ2n) is 6.62. The third-order valence-electron chi connectivity index (χ3n) is 4.90. The van der Waals surface area contributed by atoms with E-state index in [1.807, 2.05) is 36.4 Å². The van der Waals surface area contributed by atoms with Crippen molar-refractivity contribution in [3.63, 3.8) is 0 Å². The average molecular weight is 396 g/mol. The number of rotatable bonds is 4. The largest absolute Gasteiger partial charge is 0.465 e. The maximum atomic E-state index is 12.3. The Morgan fingerprint density at radius 2 is 2.00 bits per heavy atom. The number of hydrogen-bond donors (Lipinski definition) is 1. The number of halogens is 1. The number of hydrogen-bond acceptors (Lipinski definition) is 4. The predicted octanol–water partition coefficient (Wildman–Crippen LogP) is 3.85. The second kappa shape index (κ2) is 7.48. The van der Waals surface area contributed by atoms with Crippen LogP contribution in [0.4, 0.5) is 5.82 Å². The molecule has 1 unspecified atom stereocenters. The molecule has 1 aromatic heterocycles. The van der Waals surface area contributed by atoms with Crippen LogP contribution in [0.3, 0.4) is 0 Å². The SMILES string of the molecule is COC(=O)c1ccc(C2CC(=O)Nc3c2cnn3Cc2ccccc2Cl)cc1. The number of fused-ring (bicyclic) bond motifs is 1. The second-order valence-corrected chi connectivity index (χ2v) is 7.02. The van der Waals surface area contributed by atoms with Crippen molar-refractivity contribution in [3.05, 3.63) is 82.0 Å². The van der Waals surface area contributed by atoms with E-state index in [4.69, 9.17) is 16.3 Å². The molecular formula is C21H18ClN3O3. The predicted molar refractivity (Wildman–Crippen MR) is 106 cm³/mol. The number of esters is 1. The number of ether oxygens (including phenoxy) is 1. The topological polar surface area (TPSA) is 73.2 Å². The van der Waals surface area contributed by atoms with Gasteiger partial charge in [-0.2, -0.15) is 5.10 Å². The molecule has 3 aromatic rings. The lowest BCUT2D eigenvalue weighted by atomic mass is 9.87. The van der Waals surface area contributed by atoms with E-state index in [1.54, 1.807) is 23.0 Å². The van der Waals surface area contributed by atoms with E-state index >= 15 is 0 Å². The van der Waals surface area contributed by atoms with E-state index in [0.29, 0.717) is 29.4 Å². The van der Waals surface area contributed by atoms with Crippen LogP contribution >= 0.6 is 11.6 Å². The number of anilines is 1.